The maximum atomic E-state index is 13.1. The second-order valence-electron chi connectivity index (χ2n) is 8.34. The molecule has 1 atom stereocenters. The van der Waals surface area contributed by atoms with Crippen molar-refractivity contribution in [2.75, 3.05) is 42.6 Å². The summed E-state index contributed by atoms with van der Waals surface area (Å²) in [6, 6.07) is 12.0. The molecule has 5 rings (SSSR count). The molecule has 0 bridgehead atoms. The second kappa shape index (κ2) is 7.16. The van der Waals surface area contributed by atoms with Crippen molar-refractivity contribution in [2.45, 2.75) is 31.2 Å². The summed E-state index contributed by atoms with van der Waals surface area (Å²) in [5.74, 6) is 0.728. The van der Waals surface area contributed by atoms with Gasteiger partial charge in [0, 0.05) is 43.5 Å². The van der Waals surface area contributed by atoms with Crippen molar-refractivity contribution in [3.8, 4) is 0 Å². The number of aromatic nitrogens is 2. The van der Waals surface area contributed by atoms with Crippen molar-refractivity contribution < 1.29 is 13.2 Å². The zero-order chi connectivity index (χ0) is 20.0. The van der Waals surface area contributed by atoms with Gasteiger partial charge in [0.15, 0.2) is 15.5 Å². The van der Waals surface area contributed by atoms with Gasteiger partial charge in [-0.2, -0.15) is 5.10 Å². The van der Waals surface area contributed by atoms with Crippen molar-refractivity contribution in [1.82, 2.24) is 14.7 Å². The summed E-state index contributed by atoms with van der Waals surface area (Å²) in [6.07, 6.45) is 2.77. The normalized spacial score (nSPS) is 24.1. The van der Waals surface area contributed by atoms with Gasteiger partial charge in [-0.25, -0.2) is 8.42 Å². The van der Waals surface area contributed by atoms with Gasteiger partial charge in [0.25, 0.3) is 5.91 Å². The number of piperazine rings is 1. The van der Waals surface area contributed by atoms with E-state index >= 15 is 0 Å². The van der Waals surface area contributed by atoms with Crippen LogP contribution in [0.25, 0.3) is 0 Å². The number of para-hydroxylation sites is 1. The predicted octanol–water partition coefficient (Wildman–Crippen LogP) is 2.08. The number of carbonyl (C=O) groups excluding carboxylic acids is 1. The Hall–Kier alpha value is -2.35. The zero-order valence-corrected chi connectivity index (χ0v) is 17.2. The lowest BCUT2D eigenvalue weighted by molar-refractivity contribution is 0.0739. The number of rotatable bonds is 4. The highest BCUT2D eigenvalue weighted by atomic mass is 32.2. The van der Waals surface area contributed by atoms with E-state index in [0.717, 1.165) is 31.6 Å². The topological polar surface area (TPSA) is 75.5 Å². The van der Waals surface area contributed by atoms with Gasteiger partial charge in [-0.05, 0) is 37.5 Å². The minimum atomic E-state index is -2.99. The fourth-order valence-corrected chi connectivity index (χ4v) is 6.12. The first-order valence-electron chi connectivity index (χ1n) is 10.4. The molecule has 7 nitrogen and oxygen atoms in total. The van der Waals surface area contributed by atoms with Crippen LogP contribution in [0.5, 0.6) is 0 Å². The monoisotopic (exact) mass is 414 g/mol. The molecule has 1 aromatic carbocycles. The average molecular weight is 415 g/mol. The third kappa shape index (κ3) is 3.77. The standard InChI is InChI=1S/C21H26N4O3S/c26-21(24-11-9-23(10-12-24)17-4-2-1-3-5-17)19-14-20(16-6-7-16)25(22-19)18-8-13-29(27,28)15-18/h1-5,14,16,18H,6-13,15H2. The Morgan fingerprint density at radius 3 is 2.34 bits per heavy atom. The maximum Gasteiger partial charge on any atom is 0.274 e. The molecule has 8 heteroatoms. The lowest BCUT2D eigenvalue weighted by atomic mass is 10.2. The number of benzene rings is 1. The van der Waals surface area contributed by atoms with E-state index in [9.17, 15) is 13.2 Å². The third-order valence-electron chi connectivity index (χ3n) is 6.22. The second-order valence-corrected chi connectivity index (χ2v) is 10.6. The molecule has 2 saturated heterocycles. The van der Waals surface area contributed by atoms with Crippen molar-refractivity contribution in [1.29, 1.82) is 0 Å². The van der Waals surface area contributed by atoms with Crippen LogP contribution in [0.3, 0.4) is 0 Å². The molecular formula is C21H26N4O3S. The summed E-state index contributed by atoms with van der Waals surface area (Å²) in [5, 5.41) is 4.62. The quantitative estimate of drug-likeness (QED) is 0.766. The fraction of sp³-hybridized carbons (Fsp3) is 0.524. The summed E-state index contributed by atoms with van der Waals surface area (Å²) in [4.78, 5) is 17.3. The molecule has 1 amide bonds. The molecule has 0 radical (unpaired) electrons. The molecule has 1 saturated carbocycles. The number of hydrogen-bond donors (Lipinski definition) is 0. The highest BCUT2D eigenvalue weighted by molar-refractivity contribution is 7.91. The average Bonchev–Trinajstić information content (AvgIpc) is 3.39. The Labute approximate surface area is 171 Å². The van der Waals surface area contributed by atoms with E-state index in [-0.39, 0.29) is 23.5 Å². The predicted molar refractivity (Wildman–Crippen MR) is 111 cm³/mol. The minimum absolute atomic E-state index is 0.0424. The summed E-state index contributed by atoms with van der Waals surface area (Å²) < 4.78 is 25.7. The molecule has 3 fully saturated rings. The van der Waals surface area contributed by atoms with Crippen LogP contribution in [-0.2, 0) is 9.84 Å². The minimum Gasteiger partial charge on any atom is -0.368 e. The number of carbonyl (C=O) groups is 1. The zero-order valence-electron chi connectivity index (χ0n) is 16.4. The first-order valence-corrected chi connectivity index (χ1v) is 12.2. The molecule has 0 spiro atoms. The molecule has 154 valence electrons. The highest BCUT2D eigenvalue weighted by Crippen LogP contribution is 2.42. The smallest absolute Gasteiger partial charge is 0.274 e. The van der Waals surface area contributed by atoms with Gasteiger partial charge >= 0.3 is 0 Å². The van der Waals surface area contributed by atoms with E-state index in [2.05, 4.69) is 22.1 Å². The molecule has 2 aromatic rings. The van der Waals surface area contributed by atoms with Crippen LogP contribution in [0.1, 0.15) is 47.4 Å². The van der Waals surface area contributed by atoms with Crippen molar-refractivity contribution in [2.24, 2.45) is 0 Å². The van der Waals surface area contributed by atoms with Crippen LogP contribution >= 0.6 is 0 Å². The van der Waals surface area contributed by atoms with Crippen LogP contribution in [0.2, 0.25) is 0 Å². The number of amides is 1. The summed E-state index contributed by atoms with van der Waals surface area (Å²) in [7, 11) is -2.99. The summed E-state index contributed by atoms with van der Waals surface area (Å²) >= 11 is 0. The Kier molecular flexibility index (Phi) is 4.61. The molecule has 3 heterocycles. The lowest BCUT2D eigenvalue weighted by Gasteiger charge is -2.35. The van der Waals surface area contributed by atoms with E-state index < -0.39 is 9.84 Å². The van der Waals surface area contributed by atoms with E-state index in [4.69, 9.17) is 0 Å². The molecule has 2 aliphatic heterocycles. The number of nitrogens with zero attached hydrogens (tertiary/aromatic N) is 4. The first-order chi connectivity index (χ1) is 14.0. The van der Waals surface area contributed by atoms with Crippen LogP contribution in [0.4, 0.5) is 5.69 Å². The molecule has 1 unspecified atom stereocenters. The number of anilines is 1. The largest absolute Gasteiger partial charge is 0.368 e. The van der Waals surface area contributed by atoms with Gasteiger partial charge in [-0.1, -0.05) is 18.2 Å². The van der Waals surface area contributed by atoms with Crippen LogP contribution < -0.4 is 4.90 Å². The Balaban J connectivity index is 1.31. The Morgan fingerprint density at radius 2 is 1.72 bits per heavy atom. The van der Waals surface area contributed by atoms with E-state index in [1.165, 1.54) is 5.69 Å². The molecule has 29 heavy (non-hydrogen) atoms. The molecule has 1 aliphatic carbocycles. The van der Waals surface area contributed by atoms with E-state index in [0.29, 0.717) is 31.1 Å². The maximum absolute atomic E-state index is 13.1. The summed E-state index contributed by atoms with van der Waals surface area (Å²) in [5.41, 5.74) is 2.69. The first kappa shape index (κ1) is 18.7. The fourth-order valence-electron chi connectivity index (χ4n) is 4.43. The van der Waals surface area contributed by atoms with Gasteiger partial charge < -0.3 is 9.80 Å². The molecular weight excluding hydrogens is 388 g/mol. The SMILES string of the molecule is O=C(c1cc(C2CC2)n(C2CCS(=O)(=O)C2)n1)N1CCN(c2ccccc2)CC1. The Morgan fingerprint density at radius 1 is 1.00 bits per heavy atom. The summed E-state index contributed by atoms with van der Waals surface area (Å²) in [6.45, 7) is 2.92. The van der Waals surface area contributed by atoms with Gasteiger partial charge in [0.05, 0.1) is 17.5 Å². The highest BCUT2D eigenvalue weighted by Gasteiger charge is 2.36. The third-order valence-corrected chi connectivity index (χ3v) is 7.97. The number of hydrogen-bond acceptors (Lipinski definition) is 5. The van der Waals surface area contributed by atoms with E-state index in [1.54, 1.807) is 0 Å². The van der Waals surface area contributed by atoms with Gasteiger partial charge in [-0.3, -0.25) is 9.48 Å². The van der Waals surface area contributed by atoms with Crippen LogP contribution in [0, 0.1) is 0 Å². The molecule has 3 aliphatic rings. The van der Waals surface area contributed by atoms with E-state index in [1.807, 2.05) is 33.8 Å². The lowest BCUT2D eigenvalue weighted by Crippen LogP contribution is -2.48. The van der Waals surface area contributed by atoms with Crippen LogP contribution in [0.15, 0.2) is 36.4 Å². The van der Waals surface area contributed by atoms with Crippen molar-refractivity contribution in [3.63, 3.8) is 0 Å². The molecule has 1 aromatic heterocycles. The van der Waals surface area contributed by atoms with Crippen molar-refractivity contribution in [3.05, 3.63) is 47.8 Å². The number of sulfone groups is 1. The van der Waals surface area contributed by atoms with Gasteiger partial charge in [-0.15, -0.1) is 0 Å². The van der Waals surface area contributed by atoms with Gasteiger partial charge in [0.1, 0.15) is 0 Å². The molecule has 0 N–H and O–H groups in total. The van der Waals surface area contributed by atoms with Crippen molar-refractivity contribution >= 4 is 21.4 Å². The Bertz CT molecular complexity index is 1010. The van der Waals surface area contributed by atoms with Gasteiger partial charge in [0.2, 0.25) is 0 Å². The van der Waals surface area contributed by atoms with Crippen LogP contribution in [-0.4, -0.2) is 66.7 Å².